The quantitative estimate of drug-likeness (QED) is 0.647. The molecule has 3 aromatic carbocycles. The fourth-order valence-electron chi connectivity index (χ4n) is 2.87. The SMILES string of the molecule is Cc1ccc(NC(=O)c2ccc(OCc3ccccc3C(=O)O)cc2)c(C)c1. The van der Waals surface area contributed by atoms with Crippen molar-refractivity contribution >= 4 is 17.6 Å². The molecule has 28 heavy (non-hydrogen) atoms. The van der Waals surface area contributed by atoms with Crippen molar-refractivity contribution < 1.29 is 19.4 Å². The molecule has 2 N–H and O–H groups in total. The molecule has 0 aliphatic carbocycles. The topological polar surface area (TPSA) is 75.6 Å². The van der Waals surface area contributed by atoms with E-state index in [1.807, 2.05) is 32.0 Å². The van der Waals surface area contributed by atoms with E-state index in [-0.39, 0.29) is 18.1 Å². The van der Waals surface area contributed by atoms with Crippen molar-refractivity contribution in [2.24, 2.45) is 0 Å². The molecule has 0 aliphatic heterocycles. The average Bonchev–Trinajstić information content (AvgIpc) is 2.69. The molecule has 0 aliphatic rings. The number of hydrogen-bond acceptors (Lipinski definition) is 3. The van der Waals surface area contributed by atoms with Gasteiger partial charge in [-0.3, -0.25) is 4.79 Å². The van der Waals surface area contributed by atoms with Crippen LogP contribution in [-0.2, 0) is 6.61 Å². The molecule has 0 spiro atoms. The van der Waals surface area contributed by atoms with Crippen LogP contribution in [0.25, 0.3) is 0 Å². The zero-order valence-electron chi connectivity index (χ0n) is 15.7. The number of nitrogens with one attached hydrogen (secondary N) is 1. The Morgan fingerprint density at radius 1 is 0.964 bits per heavy atom. The van der Waals surface area contributed by atoms with Gasteiger partial charge in [-0.05, 0) is 55.8 Å². The number of carbonyl (C=O) groups is 2. The molecule has 3 rings (SSSR count). The molecule has 0 aromatic heterocycles. The van der Waals surface area contributed by atoms with Crippen molar-refractivity contribution in [1.82, 2.24) is 0 Å². The smallest absolute Gasteiger partial charge is 0.336 e. The number of hydrogen-bond donors (Lipinski definition) is 2. The van der Waals surface area contributed by atoms with Crippen molar-refractivity contribution in [1.29, 1.82) is 0 Å². The van der Waals surface area contributed by atoms with Crippen LogP contribution in [0.5, 0.6) is 5.75 Å². The standard InChI is InChI=1S/C23H21NO4/c1-15-7-12-21(16(2)13-15)24-22(25)17-8-10-19(11-9-17)28-14-18-5-3-4-6-20(18)23(26)27/h3-13H,14H2,1-2H3,(H,24,25)(H,26,27). The van der Waals surface area contributed by atoms with Crippen LogP contribution >= 0.6 is 0 Å². The van der Waals surface area contributed by atoms with E-state index < -0.39 is 5.97 Å². The monoisotopic (exact) mass is 375 g/mol. The highest BCUT2D eigenvalue weighted by molar-refractivity contribution is 6.04. The van der Waals surface area contributed by atoms with Crippen molar-refractivity contribution in [3.63, 3.8) is 0 Å². The Morgan fingerprint density at radius 3 is 2.36 bits per heavy atom. The van der Waals surface area contributed by atoms with Gasteiger partial charge in [0.2, 0.25) is 0 Å². The van der Waals surface area contributed by atoms with E-state index in [9.17, 15) is 14.7 Å². The van der Waals surface area contributed by atoms with Crippen LogP contribution in [0.1, 0.15) is 37.4 Å². The van der Waals surface area contributed by atoms with Gasteiger partial charge in [-0.1, -0.05) is 35.9 Å². The maximum atomic E-state index is 12.4. The van der Waals surface area contributed by atoms with E-state index in [2.05, 4.69) is 5.32 Å². The van der Waals surface area contributed by atoms with Crippen LogP contribution in [0.2, 0.25) is 0 Å². The van der Waals surface area contributed by atoms with Crippen LogP contribution < -0.4 is 10.1 Å². The Balaban J connectivity index is 1.65. The van der Waals surface area contributed by atoms with Gasteiger partial charge in [0.25, 0.3) is 5.91 Å². The predicted octanol–water partition coefficient (Wildman–Crippen LogP) is 4.83. The van der Waals surface area contributed by atoms with E-state index in [0.29, 0.717) is 16.9 Å². The summed E-state index contributed by atoms with van der Waals surface area (Å²) in [5.41, 5.74) is 4.24. The molecule has 0 unspecified atom stereocenters. The highest BCUT2D eigenvalue weighted by Gasteiger charge is 2.11. The third-order valence-corrected chi connectivity index (χ3v) is 4.39. The lowest BCUT2D eigenvalue weighted by Gasteiger charge is -2.11. The second-order valence-corrected chi connectivity index (χ2v) is 6.55. The summed E-state index contributed by atoms with van der Waals surface area (Å²) in [7, 11) is 0. The summed E-state index contributed by atoms with van der Waals surface area (Å²) in [6.07, 6.45) is 0. The zero-order valence-corrected chi connectivity index (χ0v) is 15.7. The number of amides is 1. The lowest BCUT2D eigenvalue weighted by Crippen LogP contribution is -2.12. The average molecular weight is 375 g/mol. The lowest BCUT2D eigenvalue weighted by molar-refractivity contribution is 0.0693. The van der Waals surface area contributed by atoms with Gasteiger partial charge >= 0.3 is 5.97 Å². The number of carboxylic acid groups (broad SMARTS) is 1. The van der Waals surface area contributed by atoms with Crippen LogP contribution in [0, 0.1) is 13.8 Å². The summed E-state index contributed by atoms with van der Waals surface area (Å²) in [5.74, 6) is -0.629. The number of anilines is 1. The number of rotatable bonds is 6. The molecule has 0 atom stereocenters. The third kappa shape index (κ3) is 4.57. The summed E-state index contributed by atoms with van der Waals surface area (Å²) in [4.78, 5) is 23.7. The van der Waals surface area contributed by atoms with Gasteiger partial charge < -0.3 is 15.2 Å². The van der Waals surface area contributed by atoms with Gasteiger partial charge in [0.1, 0.15) is 12.4 Å². The molecule has 1 amide bonds. The van der Waals surface area contributed by atoms with Crippen LogP contribution in [0.3, 0.4) is 0 Å². The van der Waals surface area contributed by atoms with E-state index >= 15 is 0 Å². The Labute approximate surface area is 163 Å². The highest BCUT2D eigenvalue weighted by atomic mass is 16.5. The number of carbonyl (C=O) groups excluding carboxylic acids is 1. The van der Waals surface area contributed by atoms with Crippen molar-refractivity contribution in [2.45, 2.75) is 20.5 Å². The van der Waals surface area contributed by atoms with Gasteiger partial charge in [0, 0.05) is 16.8 Å². The minimum Gasteiger partial charge on any atom is -0.489 e. The molecule has 142 valence electrons. The Bertz CT molecular complexity index is 1010. The minimum absolute atomic E-state index is 0.135. The molecule has 0 bridgehead atoms. The molecule has 5 heteroatoms. The number of benzene rings is 3. The number of aryl methyl sites for hydroxylation is 2. The lowest BCUT2D eigenvalue weighted by atomic mass is 10.1. The fourth-order valence-corrected chi connectivity index (χ4v) is 2.87. The number of aromatic carboxylic acids is 1. The van der Waals surface area contributed by atoms with Crippen molar-refractivity contribution in [3.05, 3.63) is 94.5 Å². The summed E-state index contributed by atoms with van der Waals surface area (Å²) in [6.45, 7) is 4.09. The van der Waals surface area contributed by atoms with E-state index in [4.69, 9.17) is 4.74 Å². The van der Waals surface area contributed by atoms with Crippen LogP contribution in [0.4, 0.5) is 5.69 Å². The Kier molecular flexibility index (Phi) is 5.75. The number of ether oxygens (including phenoxy) is 1. The summed E-state index contributed by atoms with van der Waals surface area (Å²) < 4.78 is 5.67. The first kappa shape index (κ1) is 19.2. The minimum atomic E-state index is -0.988. The van der Waals surface area contributed by atoms with E-state index in [1.54, 1.807) is 48.5 Å². The third-order valence-electron chi connectivity index (χ3n) is 4.39. The number of carboxylic acids is 1. The second kappa shape index (κ2) is 8.39. The van der Waals surface area contributed by atoms with E-state index in [1.165, 1.54) is 0 Å². The summed E-state index contributed by atoms with van der Waals surface area (Å²) in [5, 5.41) is 12.1. The second-order valence-electron chi connectivity index (χ2n) is 6.55. The largest absolute Gasteiger partial charge is 0.489 e. The molecular formula is C23H21NO4. The van der Waals surface area contributed by atoms with Crippen molar-refractivity contribution in [3.8, 4) is 5.75 Å². The maximum Gasteiger partial charge on any atom is 0.336 e. The summed E-state index contributed by atoms with van der Waals surface area (Å²) >= 11 is 0. The van der Waals surface area contributed by atoms with Gasteiger partial charge in [-0.25, -0.2) is 4.79 Å². The Morgan fingerprint density at radius 2 is 1.68 bits per heavy atom. The molecule has 0 saturated carbocycles. The molecular weight excluding hydrogens is 354 g/mol. The first-order chi connectivity index (χ1) is 13.4. The van der Waals surface area contributed by atoms with Gasteiger partial charge in [0.15, 0.2) is 0 Å². The molecule has 5 nitrogen and oxygen atoms in total. The molecule has 0 radical (unpaired) electrons. The normalized spacial score (nSPS) is 10.4. The highest BCUT2D eigenvalue weighted by Crippen LogP contribution is 2.19. The van der Waals surface area contributed by atoms with Crippen LogP contribution in [-0.4, -0.2) is 17.0 Å². The molecule has 0 fully saturated rings. The molecule has 3 aromatic rings. The van der Waals surface area contributed by atoms with Gasteiger partial charge in [-0.15, -0.1) is 0 Å². The zero-order chi connectivity index (χ0) is 20.1. The molecule has 0 heterocycles. The summed E-state index contributed by atoms with van der Waals surface area (Å²) in [6, 6.07) is 19.3. The first-order valence-electron chi connectivity index (χ1n) is 8.86. The first-order valence-corrected chi connectivity index (χ1v) is 8.86. The maximum absolute atomic E-state index is 12.4. The van der Waals surface area contributed by atoms with E-state index in [0.717, 1.165) is 16.8 Å². The Hall–Kier alpha value is -3.60. The van der Waals surface area contributed by atoms with Crippen molar-refractivity contribution in [2.75, 3.05) is 5.32 Å². The molecule has 0 saturated heterocycles. The predicted molar refractivity (Wildman–Crippen MR) is 108 cm³/mol. The van der Waals surface area contributed by atoms with Gasteiger partial charge in [-0.2, -0.15) is 0 Å². The van der Waals surface area contributed by atoms with Gasteiger partial charge in [0.05, 0.1) is 5.56 Å². The van der Waals surface area contributed by atoms with Crippen LogP contribution in [0.15, 0.2) is 66.7 Å². The fraction of sp³-hybridized carbons (Fsp3) is 0.130.